The highest BCUT2D eigenvalue weighted by molar-refractivity contribution is 6.37. The molecule has 0 spiro atoms. The Kier molecular flexibility index (Phi) is 5.54. The van der Waals surface area contributed by atoms with E-state index < -0.39 is 22.7 Å². The van der Waals surface area contributed by atoms with E-state index in [4.69, 9.17) is 33.7 Å². The maximum absolute atomic E-state index is 14.2. The van der Waals surface area contributed by atoms with Crippen molar-refractivity contribution >= 4 is 29.3 Å². The molecular weight excluding hydrogens is 376 g/mol. The minimum Gasteiger partial charge on any atom is -0.434 e. The number of halogens is 3. The van der Waals surface area contributed by atoms with Crippen molar-refractivity contribution in [3.8, 4) is 17.4 Å². The van der Waals surface area contributed by atoms with Crippen molar-refractivity contribution in [1.82, 2.24) is 9.78 Å². The summed E-state index contributed by atoms with van der Waals surface area (Å²) in [7, 11) is 1.45. The first-order chi connectivity index (χ1) is 11.6. The zero-order valence-corrected chi connectivity index (χ0v) is 15.0. The van der Waals surface area contributed by atoms with Gasteiger partial charge in [-0.2, -0.15) is 0 Å². The van der Waals surface area contributed by atoms with Crippen LogP contribution in [0.15, 0.2) is 16.9 Å². The molecule has 10 heteroatoms. The van der Waals surface area contributed by atoms with E-state index in [1.165, 1.54) is 13.1 Å². The van der Waals surface area contributed by atoms with Gasteiger partial charge in [0.1, 0.15) is 5.02 Å². The van der Waals surface area contributed by atoms with Gasteiger partial charge in [-0.1, -0.05) is 37.0 Å². The lowest BCUT2D eigenvalue weighted by Crippen LogP contribution is -2.24. The monoisotopic (exact) mass is 389 g/mol. The molecule has 0 fully saturated rings. The molecule has 7 nitrogen and oxygen atoms in total. The van der Waals surface area contributed by atoms with Gasteiger partial charge in [0.15, 0.2) is 17.3 Å². The Balaban J connectivity index is 2.50. The van der Waals surface area contributed by atoms with Crippen LogP contribution in [-0.2, 0) is 7.05 Å². The fourth-order valence-electron chi connectivity index (χ4n) is 2.00. The molecule has 0 aliphatic rings. The Bertz CT molecular complexity index is 899. The molecule has 0 radical (unpaired) electrons. The summed E-state index contributed by atoms with van der Waals surface area (Å²) in [6.07, 6.45) is -1.22. The number of nitrogens with two attached hydrogens (primary N) is 1. The fraction of sp³-hybridized carbons (Fsp3) is 0.267. The summed E-state index contributed by atoms with van der Waals surface area (Å²) >= 11 is 11.9. The smallest absolute Gasteiger partial charge is 0.410 e. The van der Waals surface area contributed by atoms with Crippen molar-refractivity contribution in [1.29, 1.82) is 0 Å². The van der Waals surface area contributed by atoms with Gasteiger partial charge in [0.25, 0.3) is 5.56 Å². The van der Waals surface area contributed by atoms with Crippen LogP contribution in [0, 0.1) is 5.82 Å². The van der Waals surface area contributed by atoms with Gasteiger partial charge in [0.05, 0.1) is 5.02 Å². The van der Waals surface area contributed by atoms with Gasteiger partial charge < -0.3 is 15.2 Å². The number of nitrogens with zero attached hydrogens (tertiary/aromatic N) is 2. The third kappa shape index (κ3) is 4.02. The number of aromatic nitrogens is 2. The molecule has 0 unspecified atom stereocenters. The molecule has 0 aliphatic heterocycles. The number of hydrogen-bond donors (Lipinski definition) is 1. The number of benzene rings is 1. The van der Waals surface area contributed by atoms with Crippen LogP contribution in [0.2, 0.25) is 10.0 Å². The Labute approximate surface area is 152 Å². The number of rotatable bonds is 4. The van der Waals surface area contributed by atoms with E-state index in [-0.39, 0.29) is 28.1 Å². The number of carbonyl (C=O) groups is 1. The van der Waals surface area contributed by atoms with Gasteiger partial charge >= 0.3 is 6.09 Å². The third-order valence-electron chi connectivity index (χ3n) is 3.19. The van der Waals surface area contributed by atoms with E-state index in [0.717, 1.165) is 10.7 Å². The van der Waals surface area contributed by atoms with E-state index >= 15 is 0 Å². The SMILES string of the molecule is CC(C)c1cc(Oc2c(Cl)cc(OC(N)=O)c(F)c2Cl)nn(C)c1=O. The average Bonchev–Trinajstić information content (AvgIpc) is 2.51. The maximum atomic E-state index is 14.2. The van der Waals surface area contributed by atoms with Crippen molar-refractivity contribution in [2.24, 2.45) is 12.8 Å². The molecule has 1 heterocycles. The second-order valence-electron chi connectivity index (χ2n) is 5.36. The normalized spacial score (nSPS) is 10.8. The Hall–Kier alpha value is -2.32. The summed E-state index contributed by atoms with van der Waals surface area (Å²) in [5.74, 6) is -1.94. The number of hydrogen-bond acceptors (Lipinski definition) is 5. The van der Waals surface area contributed by atoms with E-state index in [0.29, 0.717) is 5.56 Å². The molecule has 1 amide bonds. The van der Waals surface area contributed by atoms with Crippen molar-refractivity contribution in [3.05, 3.63) is 43.9 Å². The summed E-state index contributed by atoms with van der Waals surface area (Å²) < 4.78 is 25.2. The summed E-state index contributed by atoms with van der Waals surface area (Å²) in [4.78, 5) is 22.8. The maximum Gasteiger partial charge on any atom is 0.410 e. The van der Waals surface area contributed by atoms with Crippen LogP contribution in [0.4, 0.5) is 9.18 Å². The quantitative estimate of drug-likeness (QED) is 0.805. The van der Waals surface area contributed by atoms with Crippen LogP contribution in [0.3, 0.4) is 0 Å². The van der Waals surface area contributed by atoms with Gasteiger partial charge in [-0.15, -0.1) is 5.10 Å². The van der Waals surface area contributed by atoms with Gasteiger partial charge in [-0.3, -0.25) is 4.79 Å². The molecule has 0 saturated carbocycles. The number of primary amides is 1. The largest absolute Gasteiger partial charge is 0.434 e. The number of carbonyl (C=O) groups excluding carboxylic acids is 1. The zero-order chi connectivity index (χ0) is 18.9. The summed E-state index contributed by atoms with van der Waals surface area (Å²) in [6, 6.07) is 2.42. The van der Waals surface area contributed by atoms with E-state index in [1.54, 1.807) is 0 Å². The van der Waals surface area contributed by atoms with E-state index in [1.807, 2.05) is 13.8 Å². The molecule has 2 N–H and O–H groups in total. The molecule has 0 bridgehead atoms. The highest BCUT2D eigenvalue weighted by Crippen LogP contribution is 2.41. The minimum absolute atomic E-state index is 0.00225. The van der Waals surface area contributed by atoms with Crippen LogP contribution < -0.4 is 20.8 Å². The highest BCUT2D eigenvalue weighted by atomic mass is 35.5. The van der Waals surface area contributed by atoms with Crippen LogP contribution in [0.25, 0.3) is 0 Å². The van der Waals surface area contributed by atoms with E-state index in [2.05, 4.69) is 9.84 Å². The van der Waals surface area contributed by atoms with Gasteiger partial charge in [0.2, 0.25) is 5.88 Å². The molecule has 1 aromatic heterocycles. The van der Waals surface area contributed by atoms with Crippen LogP contribution in [-0.4, -0.2) is 15.9 Å². The first-order valence-corrected chi connectivity index (χ1v) is 7.78. The lowest BCUT2D eigenvalue weighted by atomic mass is 10.1. The lowest BCUT2D eigenvalue weighted by Gasteiger charge is -2.14. The minimum atomic E-state index is -1.22. The number of aryl methyl sites for hydroxylation is 1. The Morgan fingerprint density at radius 1 is 1.36 bits per heavy atom. The zero-order valence-electron chi connectivity index (χ0n) is 13.5. The first kappa shape index (κ1) is 19.0. The number of ether oxygens (including phenoxy) is 2. The molecule has 134 valence electrons. The van der Waals surface area contributed by atoms with Crippen LogP contribution in [0.5, 0.6) is 17.4 Å². The molecule has 1 aromatic carbocycles. The molecule has 2 aromatic rings. The van der Waals surface area contributed by atoms with Gasteiger partial charge in [-0.25, -0.2) is 13.9 Å². The van der Waals surface area contributed by atoms with Crippen LogP contribution in [0.1, 0.15) is 25.3 Å². The predicted octanol–water partition coefficient (Wildman–Crippen LogP) is 3.60. The topological polar surface area (TPSA) is 96.4 Å². The van der Waals surface area contributed by atoms with Crippen molar-refractivity contribution in [2.75, 3.05) is 0 Å². The Morgan fingerprint density at radius 3 is 2.56 bits per heavy atom. The molecule has 0 atom stereocenters. The standard InChI is InChI=1S/C15H14Cl2FN3O4/c1-6(2)7-4-10(20-21(3)14(7)22)25-13-8(16)5-9(24-15(19)23)12(18)11(13)17/h4-6H,1-3H3,(H2,19,23). The molecule has 0 aliphatic carbocycles. The van der Waals surface area contributed by atoms with Crippen molar-refractivity contribution < 1.29 is 18.7 Å². The second-order valence-corrected chi connectivity index (χ2v) is 6.14. The Morgan fingerprint density at radius 2 is 2.00 bits per heavy atom. The van der Waals surface area contributed by atoms with Gasteiger partial charge in [-0.05, 0) is 5.92 Å². The number of amides is 1. The van der Waals surface area contributed by atoms with E-state index in [9.17, 15) is 14.0 Å². The first-order valence-electron chi connectivity index (χ1n) is 7.02. The molecular formula is C15H14Cl2FN3O4. The van der Waals surface area contributed by atoms with Crippen molar-refractivity contribution in [2.45, 2.75) is 19.8 Å². The molecule has 25 heavy (non-hydrogen) atoms. The molecule has 2 rings (SSSR count). The highest BCUT2D eigenvalue weighted by Gasteiger charge is 2.21. The predicted molar refractivity (Wildman–Crippen MR) is 90.3 cm³/mol. The summed E-state index contributed by atoms with van der Waals surface area (Å²) in [5, 5.41) is 3.27. The second kappa shape index (κ2) is 7.28. The summed E-state index contributed by atoms with van der Waals surface area (Å²) in [5.41, 5.74) is 5.01. The summed E-state index contributed by atoms with van der Waals surface area (Å²) in [6.45, 7) is 3.66. The van der Waals surface area contributed by atoms with Crippen LogP contribution >= 0.6 is 23.2 Å². The molecule has 0 saturated heterocycles. The van der Waals surface area contributed by atoms with Crippen molar-refractivity contribution in [3.63, 3.8) is 0 Å². The third-order valence-corrected chi connectivity index (χ3v) is 3.81. The fourth-order valence-corrected chi connectivity index (χ4v) is 2.52. The van der Waals surface area contributed by atoms with Gasteiger partial charge in [0, 0.05) is 24.7 Å². The average molecular weight is 390 g/mol. The lowest BCUT2D eigenvalue weighted by molar-refractivity contribution is 0.208.